The van der Waals surface area contributed by atoms with E-state index in [2.05, 4.69) is 0 Å². The number of carboxylic acids is 1. The van der Waals surface area contributed by atoms with Crippen molar-refractivity contribution >= 4 is 16.0 Å². The number of nitrogens with zero attached hydrogens (tertiary/aromatic N) is 1. The largest absolute Gasteiger partial charge is 0.481 e. The highest BCUT2D eigenvalue weighted by atomic mass is 32.2. The third kappa shape index (κ3) is 3.27. The Morgan fingerprint density at radius 1 is 1.29 bits per heavy atom. The lowest BCUT2D eigenvalue weighted by atomic mass is 9.96. The van der Waals surface area contributed by atoms with Crippen molar-refractivity contribution in [1.29, 1.82) is 0 Å². The number of aryl methyl sites for hydroxylation is 1. The van der Waals surface area contributed by atoms with Crippen LogP contribution in [0.15, 0.2) is 29.2 Å². The molecule has 1 fully saturated rings. The van der Waals surface area contributed by atoms with Crippen LogP contribution in [-0.2, 0) is 21.2 Å². The molecule has 2 rings (SSSR count). The monoisotopic (exact) mass is 311 g/mol. The molecule has 0 amide bonds. The molecular weight excluding hydrogens is 290 g/mol. The molecule has 1 heterocycles. The van der Waals surface area contributed by atoms with E-state index in [1.165, 1.54) is 4.31 Å². The Hall–Kier alpha value is -1.40. The van der Waals surface area contributed by atoms with Crippen molar-refractivity contribution in [2.75, 3.05) is 6.54 Å². The summed E-state index contributed by atoms with van der Waals surface area (Å²) in [6.45, 7) is 3.89. The molecule has 0 saturated carbocycles. The maximum Gasteiger partial charge on any atom is 0.307 e. The highest BCUT2D eigenvalue weighted by Crippen LogP contribution is 2.28. The van der Waals surface area contributed by atoms with Crippen molar-refractivity contribution in [3.05, 3.63) is 29.8 Å². The number of carboxylic acid groups (broad SMARTS) is 1. The SMILES string of the molecule is CCc1ccc(S(=O)(=O)N2CC(C(=O)O)CCC2C)cc1. The predicted molar refractivity (Wildman–Crippen MR) is 79.5 cm³/mol. The van der Waals surface area contributed by atoms with Crippen molar-refractivity contribution in [3.8, 4) is 0 Å². The van der Waals surface area contributed by atoms with E-state index >= 15 is 0 Å². The van der Waals surface area contributed by atoms with Crippen LogP contribution in [0.4, 0.5) is 0 Å². The van der Waals surface area contributed by atoms with E-state index in [1.54, 1.807) is 24.3 Å². The number of rotatable bonds is 4. The maximum absolute atomic E-state index is 12.7. The van der Waals surface area contributed by atoms with E-state index in [9.17, 15) is 13.2 Å². The molecule has 2 unspecified atom stereocenters. The summed E-state index contributed by atoms with van der Waals surface area (Å²) in [7, 11) is -3.63. The Bertz CT molecular complexity index is 609. The van der Waals surface area contributed by atoms with Gasteiger partial charge in [0.15, 0.2) is 0 Å². The van der Waals surface area contributed by atoms with E-state index in [0.29, 0.717) is 12.8 Å². The summed E-state index contributed by atoms with van der Waals surface area (Å²) in [4.78, 5) is 11.4. The van der Waals surface area contributed by atoms with Crippen molar-refractivity contribution in [3.63, 3.8) is 0 Å². The molecule has 1 aromatic carbocycles. The summed E-state index contributed by atoms with van der Waals surface area (Å²) in [5, 5.41) is 9.13. The minimum Gasteiger partial charge on any atom is -0.481 e. The molecule has 1 saturated heterocycles. The van der Waals surface area contributed by atoms with Crippen LogP contribution in [0.5, 0.6) is 0 Å². The van der Waals surface area contributed by atoms with Gasteiger partial charge in [0.05, 0.1) is 10.8 Å². The normalized spacial score (nSPS) is 23.9. The van der Waals surface area contributed by atoms with E-state index < -0.39 is 21.9 Å². The molecule has 2 atom stereocenters. The Morgan fingerprint density at radius 3 is 2.43 bits per heavy atom. The fraction of sp³-hybridized carbons (Fsp3) is 0.533. The molecular formula is C15H21NO4S. The fourth-order valence-electron chi connectivity index (χ4n) is 2.64. The van der Waals surface area contributed by atoms with Gasteiger partial charge in [-0.05, 0) is 43.9 Å². The van der Waals surface area contributed by atoms with Gasteiger partial charge in [-0.1, -0.05) is 19.1 Å². The molecule has 0 aliphatic carbocycles. The van der Waals surface area contributed by atoms with Crippen molar-refractivity contribution in [2.24, 2.45) is 5.92 Å². The molecule has 0 aromatic heterocycles. The second-order valence-corrected chi connectivity index (χ2v) is 7.42. The molecule has 0 spiro atoms. The zero-order valence-electron chi connectivity index (χ0n) is 12.3. The first kappa shape index (κ1) is 16.0. The van der Waals surface area contributed by atoms with Gasteiger partial charge in [0.2, 0.25) is 10.0 Å². The van der Waals surface area contributed by atoms with E-state index in [4.69, 9.17) is 5.11 Å². The second kappa shape index (κ2) is 6.15. The Kier molecular flexibility index (Phi) is 4.68. The number of carbonyl (C=O) groups is 1. The lowest BCUT2D eigenvalue weighted by Crippen LogP contribution is -2.47. The summed E-state index contributed by atoms with van der Waals surface area (Å²) >= 11 is 0. The van der Waals surface area contributed by atoms with Gasteiger partial charge in [0.25, 0.3) is 0 Å². The number of sulfonamides is 1. The van der Waals surface area contributed by atoms with E-state index in [-0.39, 0.29) is 17.5 Å². The van der Waals surface area contributed by atoms with Crippen LogP contribution in [0.25, 0.3) is 0 Å². The highest BCUT2D eigenvalue weighted by Gasteiger charge is 2.37. The average Bonchev–Trinajstić information content (AvgIpc) is 2.47. The third-order valence-electron chi connectivity index (χ3n) is 4.11. The van der Waals surface area contributed by atoms with E-state index in [1.807, 2.05) is 13.8 Å². The first-order chi connectivity index (χ1) is 9.86. The molecule has 0 bridgehead atoms. The zero-order chi connectivity index (χ0) is 15.6. The highest BCUT2D eigenvalue weighted by molar-refractivity contribution is 7.89. The average molecular weight is 311 g/mol. The first-order valence-electron chi connectivity index (χ1n) is 7.19. The van der Waals surface area contributed by atoms with Crippen LogP contribution in [0.3, 0.4) is 0 Å². The summed E-state index contributed by atoms with van der Waals surface area (Å²) in [6.07, 6.45) is 1.95. The van der Waals surface area contributed by atoms with Gasteiger partial charge in [0, 0.05) is 12.6 Å². The predicted octanol–water partition coefficient (Wildman–Crippen LogP) is 2.12. The molecule has 21 heavy (non-hydrogen) atoms. The van der Waals surface area contributed by atoms with Crippen molar-refractivity contribution in [1.82, 2.24) is 4.31 Å². The first-order valence-corrected chi connectivity index (χ1v) is 8.64. The fourth-order valence-corrected chi connectivity index (χ4v) is 4.35. The number of aliphatic carboxylic acids is 1. The second-order valence-electron chi connectivity index (χ2n) is 5.53. The maximum atomic E-state index is 12.7. The Morgan fingerprint density at radius 2 is 1.90 bits per heavy atom. The summed E-state index contributed by atoms with van der Waals surface area (Å²) in [5.41, 5.74) is 1.07. The van der Waals surface area contributed by atoms with E-state index in [0.717, 1.165) is 12.0 Å². The molecule has 5 nitrogen and oxygen atoms in total. The number of hydrogen-bond donors (Lipinski definition) is 1. The smallest absolute Gasteiger partial charge is 0.307 e. The number of benzene rings is 1. The van der Waals surface area contributed by atoms with Gasteiger partial charge in [-0.2, -0.15) is 4.31 Å². The van der Waals surface area contributed by atoms with Crippen LogP contribution in [0.1, 0.15) is 32.3 Å². The molecule has 6 heteroatoms. The summed E-state index contributed by atoms with van der Waals surface area (Å²) < 4.78 is 26.7. The Labute approximate surface area is 125 Å². The van der Waals surface area contributed by atoms with Crippen LogP contribution < -0.4 is 0 Å². The summed E-state index contributed by atoms with van der Waals surface area (Å²) in [5.74, 6) is -1.55. The van der Waals surface area contributed by atoms with Gasteiger partial charge >= 0.3 is 5.97 Å². The minimum atomic E-state index is -3.63. The van der Waals surface area contributed by atoms with Crippen molar-refractivity contribution in [2.45, 2.75) is 44.0 Å². The molecule has 116 valence electrons. The van der Waals surface area contributed by atoms with Gasteiger partial charge in [-0.3, -0.25) is 4.79 Å². The van der Waals surface area contributed by atoms with Gasteiger partial charge < -0.3 is 5.11 Å². The Balaban J connectivity index is 2.29. The van der Waals surface area contributed by atoms with Crippen LogP contribution >= 0.6 is 0 Å². The third-order valence-corrected chi connectivity index (χ3v) is 6.11. The molecule has 1 aromatic rings. The van der Waals surface area contributed by atoms with Gasteiger partial charge in [0.1, 0.15) is 0 Å². The number of hydrogen-bond acceptors (Lipinski definition) is 3. The quantitative estimate of drug-likeness (QED) is 0.924. The molecule has 1 N–H and O–H groups in total. The van der Waals surface area contributed by atoms with Crippen LogP contribution in [-0.4, -0.2) is 36.4 Å². The topological polar surface area (TPSA) is 74.7 Å². The molecule has 0 radical (unpaired) electrons. The number of piperidine rings is 1. The lowest BCUT2D eigenvalue weighted by molar-refractivity contribution is -0.143. The zero-order valence-corrected chi connectivity index (χ0v) is 13.1. The van der Waals surface area contributed by atoms with Gasteiger partial charge in [-0.25, -0.2) is 8.42 Å². The van der Waals surface area contributed by atoms with Gasteiger partial charge in [-0.15, -0.1) is 0 Å². The lowest BCUT2D eigenvalue weighted by Gasteiger charge is -2.35. The van der Waals surface area contributed by atoms with Crippen LogP contribution in [0, 0.1) is 5.92 Å². The standard InChI is InChI=1S/C15H21NO4S/c1-3-12-5-8-14(9-6-12)21(19,20)16-10-13(15(17)18)7-4-11(16)2/h5-6,8-9,11,13H,3-4,7,10H2,1-2H3,(H,17,18). The van der Waals surface area contributed by atoms with Crippen LogP contribution in [0.2, 0.25) is 0 Å². The molecule has 1 aliphatic rings. The minimum absolute atomic E-state index is 0.0500. The van der Waals surface area contributed by atoms with Crippen molar-refractivity contribution < 1.29 is 18.3 Å². The molecule has 1 aliphatic heterocycles. The summed E-state index contributed by atoms with van der Waals surface area (Å²) in [6, 6.07) is 6.64.